The van der Waals surface area contributed by atoms with Gasteiger partial charge in [-0.05, 0) is 67.5 Å². The van der Waals surface area contributed by atoms with Crippen molar-refractivity contribution >= 4 is 28.4 Å². The molecule has 1 aliphatic rings. The van der Waals surface area contributed by atoms with Gasteiger partial charge >= 0.3 is 6.03 Å². The largest absolute Gasteiger partial charge is 0.331 e. The van der Waals surface area contributed by atoms with Crippen LogP contribution >= 0.6 is 11.3 Å². The van der Waals surface area contributed by atoms with Crippen molar-refractivity contribution < 1.29 is 4.79 Å². The van der Waals surface area contributed by atoms with Crippen LogP contribution in [0.4, 0.5) is 4.79 Å². The van der Waals surface area contributed by atoms with E-state index in [-0.39, 0.29) is 12.1 Å². The van der Waals surface area contributed by atoms with Gasteiger partial charge in [0, 0.05) is 41.2 Å². The molecule has 1 N–H and O–H groups in total. The number of pyridine rings is 2. The number of likely N-dealkylation sites (tertiary alicyclic amines) is 1. The number of aromatic nitrogens is 2. The van der Waals surface area contributed by atoms with Crippen LogP contribution in [-0.2, 0) is 0 Å². The molecule has 2 amide bonds. The number of urea groups is 1. The smallest absolute Gasteiger partial charge is 0.317 e. The number of nitrogens with zero attached hydrogens (tertiary/aromatic N) is 3. The summed E-state index contributed by atoms with van der Waals surface area (Å²) in [5.41, 5.74) is 3.10. The minimum Gasteiger partial charge on any atom is -0.331 e. The predicted octanol–water partition coefficient (Wildman–Crippen LogP) is 5.04. The number of nitrogens with one attached hydrogen (secondary N) is 1. The summed E-state index contributed by atoms with van der Waals surface area (Å²) in [7, 11) is 0. The number of aryl methyl sites for hydroxylation is 1. The highest BCUT2D eigenvalue weighted by molar-refractivity contribution is 7.10. The maximum Gasteiger partial charge on any atom is 0.317 e. The molecule has 3 aromatic rings. The second-order valence-corrected chi connectivity index (χ2v) is 8.56. The first kappa shape index (κ1) is 18.9. The number of fused-ring (bicyclic) bond motifs is 1. The lowest BCUT2D eigenvalue weighted by Crippen LogP contribution is -2.45. The molecule has 0 bridgehead atoms. The number of piperidine rings is 1. The molecule has 1 saturated heterocycles. The second kappa shape index (κ2) is 8.27. The van der Waals surface area contributed by atoms with Crippen molar-refractivity contribution in [3.05, 3.63) is 58.0 Å². The fourth-order valence-corrected chi connectivity index (χ4v) is 4.64. The second-order valence-electron chi connectivity index (χ2n) is 7.45. The summed E-state index contributed by atoms with van der Waals surface area (Å²) in [6.45, 7) is 5.74. The summed E-state index contributed by atoms with van der Waals surface area (Å²) in [6.07, 6.45) is 4.55. The SMILES string of the molecule is CCC(NC(=O)N1CCC(c2ccc3cccnc3n2)CC1)c1csc(C)c1. The van der Waals surface area contributed by atoms with Crippen LogP contribution in [0.2, 0.25) is 0 Å². The zero-order valence-electron chi connectivity index (χ0n) is 16.4. The van der Waals surface area contributed by atoms with Gasteiger partial charge in [-0.3, -0.25) is 0 Å². The van der Waals surface area contributed by atoms with Gasteiger partial charge in [0.1, 0.15) is 0 Å². The number of rotatable bonds is 4. The number of hydrogen-bond acceptors (Lipinski definition) is 4. The lowest BCUT2D eigenvalue weighted by atomic mass is 9.93. The molecule has 1 unspecified atom stereocenters. The molecule has 6 heteroatoms. The quantitative estimate of drug-likeness (QED) is 0.674. The Hall–Kier alpha value is -2.47. The summed E-state index contributed by atoms with van der Waals surface area (Å²) in [5, 5.41) is 6.43. The first-order valence-electron chi connectivity index (χ1n) is 9.96. The topological polar surface area (TPSA) is 58.1 Å². The summed E-state index contributed by atoms with van der Waals surface area (Å²) >= 11 is 1.73. The van der Waals surface area contributed by atoms with Gasteiger partial charge in [0.25, 0.3) is 0 Å². The van der Waals surface area contributed by atoms with Crippen molar-refractivity contribution in [3.63, 3.8) is 0 Å². The van der Waals surface area contributed by atoms with E-state index in [1.165, 1.54) is 10.4 Å². The number of carbonyl (C=O) groups is 1. The van der Waals surface area contributed by atoms with Gasteiger partial charge in [0.05, 0.1) is 6.04 Å². The van der Waals surface area contributed by atoms with Crippen molar-refractivity contribution in [3.8, 4) is 0 Å². The molecule has 4 heterocycles. The van der Waals surface area contributed by atoms with Crippen molar-refractivity contribution in [2.45, 2.75) is 45.1 Å². The standard InChI is InChI=1S/C22H26N4OS/c1-3-19(18-13-15(2)28-14-18)25-22(27)26-11-8-16(9-12-26)20-7-6-17-5-4-10-23-21(17)24-20/h4-7,10,13-14,16,19H,3,8-9,11-12H2,1-2H3,(H,25,27). The average Bonchev–Trinajstić information content (AvgIpc) is 3.17. The van der Waals surface area contributed by atoms with Gasteiger partial charge in [-0.25, -0.2) is 14.8 Å². The van der Waals surface area contributed by atoms with Crippen LogP contribution in [0.5, 0.6) is 0 Å². The Kier molecular flexibility index (Phi) is 5.57. The lowest BCUT2D eigenvalue weighted by Gasteiger charge is -2.33. The van der Waals surface area contributed by atoms with E-state index in [0.717, 1.165) is 49.1 Å². The summed E-state index contributed by atoms with van der Waals surface area (Å²) in [6, 6.07) is 10.5. The van der Waals surface area contributed by atoms with Crippen LogP contribution in [0.15, 0.2) is 41.9 Å². The molecule has 0 spiro atoms. The monoisotopic (exact) mass is 394 g/mol. The summed E-state index contributed by atoms with van der Waals surface area (Å²) in [5.74, 6) is 0.386. The molecule has 0 aromatic carbocycles. The Morgan fingerprint density at radius 3 is 2.86 bits per heavy atom. The highest BCUT2D eigenvalue weighted by atomic mass is 32.1. The molecular weight excluding hydrogens is 368 g/mol. The van der Waals surface area contributed by atoms with Crippen LogP contribution < -0.4 is 5.32 Å². The van der Waals surface area contributed by atoms with E-state index in [1.807, 2.05) is 17.0 Å². The van der Waals surface area contributed by atoms with Gasteiger partial charge in [0.2, 0.25) is 0 Å². The fourth-order valence-electron chi connectivity index (χ4n) is 3.88. The Labute approximate surface area is 169 Å². The third-order valence-corrected chi connectivity index (χ3v) is 6.42. The van der Waals surface area contributed by atoms with Gasteiger partial charge < -0.3 is 10.2 Å². The van der Waals surface area contributed by atoms with E-state index in [2.05, 4.69) is 47.7 Å². The molecule has 1 aliphatic heterocycles. The van der Waals surface area contributed by atoms with E-state index < -0.39 is 0 Å². The highest BCUT2D eigenvalue weighted by Crippen LogP contribution is 2.28. The normalized spacial score (nSPS) is 16.3. The number of hydrogen-bond donors (Lipinski definition) is 1. The summed E-state index contributed by atoms with van der Waals surface area (Å²) < 4.78 is 0. The molecule has 4 rings (SSSR count). The Morgan fingerprint density at radius 2 is 2.14 bits per heavy atom. The van der Waals surface area contributed by atoms with E-state index >= 15 is 0 Å². The number of thiophene rings is 1. The van der Waals surface area contributed by atoms with Gasteiger partial charge in [-0.1, -0.05) is 6.92 Å². The van der Waals surface area contributed by atoms with E-state index in [0.29, 0.717) is 5.92 Å². The maximum absolute atomic E-state index is 12.8. The Bertz CT molecular complexity index is 962. The fraction of sp³-hybridized carbons (Fsp3) is 0.409. The van der Waals surface area contributed by atoms with Crippen molar-refractivity contribution in [2.24, 2.45) is 0 Å². The van der Waals surface area contributed by atoms with Gasteiger partial charge in [-0.15, -0.1) is 11.3 Å². The lowest BCUT2D eigenvalue weighted by molar-refractivity contribution is 0.177. The third-order valence-electron chi connectivity index (χ3n) is 5.55. The van der Waals surface area contributed by atoms with Crippen molar-refractivity contribution in [2.75, 3.05) is 13.1 Å². The molecular formula is C22H26N4OS. The number of amides is 2. The Morgan fingerprint density at radius 1 is 1.32 bits per heavy atom. The zero-order chi connectivity index (χ0) is 19.5. The minimum atomic E-state index is 0.0438. The molecule has 146 valence electrons. The molecule has 0 aliphatic carbocycles. The van der Waals surface area contributed by atoms with Gasteiger partial charge in [-0.2, -0.15) is 0 Å². The zero-order valence-corrected chi connectivity index (χ0v) is 17.2. The van der Waals surface area contributed by atoms with E-state index in [4.69, 9.17) is 4.98 Å². The van der Waals surface area contributed by atoms with Crippen LogP contribution in [0.1, 0.15) is 54.3 Å². The molecule has 0 saturated carbocycles. The van der Waals surface area contributed by atoms with E-state index in [9.17, 15) is 4.79 Å². The van der Waals surface area contributed by atoms with Crippen LogP contribution in [-0.4, -0.2) is 34.0 Å². The maximum atomic E-state index is 12.8. The van der Waals surface area contributed by atoms with E-state index in [1.54, 1.807) is 17.5 Å². The predicted molar refractivity (Wildman–Crippen MR) is 114 cm³/mol. The molecule has 28 heavy (non-hydrogen) atoms. The minimum absolute atomic E-state index is 0.0438. The Balaban J connectivity index is 1.37. The van der Waals surface area contributed by atoms with Crippen molar-refractivity contribution in [1.82, 2.24) is 20.2 Å². The number of carbonyl (C=O) groups excluding carboxylic acids is 1. The third kappa shape index (κ3) is 4.02. The van der Waals surface area contributed by atoms with Crippen LogP contribution in [0.3, 0.4) is 0 Å². The molecule has 5 nitrogen and oxygen atoms in total. The van der Waals surface area contributed by atoms with Crippen molar-refractivity contribution in [1.29, 1.82) is 0 Å². The molecule has 1 fully saturated rings. The first-order chi connectivity index (χ1) is 13.6. The van der Waals surface area contributed by atoms with Gasteiger partial charge in [0.15, 0.2) is 5.65 Å². The summed E-state index contributed by atoms with van der Waals surface area (Å²) in [4.78, 5) is 25.1. The van der Waals surface area contributed by atoms with Crippen LogP contribution in [0.25, 0.3) is 11.0 Å². The molecule has 3 aromatic heterocycles. The average molecular weight is 395 g/mol. The van der Waals surface area contributed by atoms with Crippen LogP contribution in [0, 0.1) is 6.92 Å². The molecule has 1 atom stereocenters. The first-order valence-corrected chi connectivity index (χ1v) is 10.8. The molecule has 0 radical (unpaired) electrons. The highest BCUT2D eigenvalue weighted by Gasteiger charge is 2.26.